The van der Waals surface area contributed by atoms with Gasteiger partial charge in [0.2, 0.25) is 0 Å². The molecule has 0 saturated heterocycles. The second kappa shape index (κ2) is 10.4. The standard InChI is InChI=1S/C21H22N4O4S/c1-3-29-19(26)14-30-21-24-23-18(25(21)16-7-5-4-6-8-16)13-22-20(27)15-9-11-17(28-2)12-10-15/h4-12H,3,13-14H2,1-2H3,(H,22,27). The molecule has 8 nitrogen and oxygen atoms in total. The number of thioether (sulfide) groups is 1. The summed E-state index contributed by atoms with van der Waals surface area (Å²) in [5.41, 5.74) is 1.35. The van der Waals surface area contributed by atoms with E-state index in [1.54, 1.807) is 38.3 Å². The molecule has 1 aromatic heterocycles. The molecule has 156 valence electrons. The van der Waals surface area contributed by atoms with Crippen LogP contribution in [-0.4, -0.2) is 46.1 Å². The Morgan fingerprint density at radius 3 is 2.47 bits per heavy atom. The number of amides is 1. The second-order valence-corrected chi connectivity index (χ2v) is 7.02. The SMILES string of the molecule is CCOC(=O)CSc1nnc(CNC(=O)c2ccc(OC)cc2)n1-c1ccccc1. The maximum atomic E-state index is 12.5. The van der Waals surface area contributed by atoms with Crippen molar-refractivity contribution in [3.05, 3.63) is 66.0 Å². The number of para-hydroxylation sites is 1. The number of nitrogens with zero attached hydrogens (tertiary/aromatic N) is 3. The summed E-state index contributed by atoms with van der Waals surface area (Å²) in [6.45, 7) is 2.26. The molecule has 0 fully saturated rings. The van der Waals surface area contributed by atoms with Crippen molar-refractivity contribution in [2.45, 2.75) is 18.6 Å². The van der Waals surface area contributed by atoms with E-state index in [2.05, 4.69) is 15.5 Å². The minimum Gasteiger partial charge on any atom is -0.497 e. The first kappa shape index (κ1) is 21.4. The number of hydrogen-bond donors (Lipinski definition) is 1. The van der Waals surface area contributed by atoms with E-state index in [9.17, 15) is 9.59 Å². The van der Waals surface area contributed by atoms with E-state index < -0.39 is 0 Å². The normalized spacial score (nSPS) is 10.5. The second-order valence-electron chi connectivity index (χ2n) is 6.07. The van der Waals surface area contributed by atoms with Gasteiger partial charge in [-0.15, -0.1) is 10.2 Å². The molecule has 0 aliphatic heterocycles. The van der Waals surface area contributed by atoms with Gasteiger partial charge in [-0.05, 0) is 43.3 Å². The van der Waals surface area contributed by atoms with Crippen LogP contribution in [0.1, 0.15) is 23.1 Å². The van der Waals surface area contributed by atoms with Crippen molar-refractivity contribution >= 4 is 23.6 Å². The van der Waals surface area contributed by atoms with Crippen LogP contribution in [0.5, 0.6) is 5.75 Å². The third kappa shape index (κ3) is 5.38. The van der Waals surface area contributed by atoms with Crippen LogP contribution < -0.4 is 10.1 Å². The molecule has 0 spiro atoms. The molecule has 0 radical (unpaired) electrons. The maximum Gasteiger partial charge on any atom is 0.316 e. The molecule has 1 N–H and O–H groups in total. The number of rotatable bonds is 9. The zero-order chi connectivity index (χ0) is 21.3. The molecular weight excluding hydrogens is 404 g/mol. The van der Waals surface area contributed by atoms with Crippen molar-refractivity contribution in [3.8, 4) is 11.4 Å². The van der Waals surface area contributed by atoms with E-state index >= 15 is 0 Å². The minimum atomic E-state index is -0.320. The Balaban J connectivity index is 1.76. The number of esters is 1. The Labute approximate surface area is 178 Å². The number of methoxy groups -OCH3 is 1. The first-order valence-corrected chi connectivity index (χ1v) is 10.3. The van der Waals surface area contributed by atoms with E-state index in [1.807, 2.05) is 34.9 Å². The molecule has 0 unspecified atom stereocenters. The van der Waals surface area contributed by atoms with Gasteiger partial charge >= 0.3 is 5.97 Å². The first-order chi connectivity index (χ1) is 14.6. The lowest BCUT2D eigenvalue weighted by Crippen LogP contribution is -2.24. The molecule has 3 rings (SSSR count). The number of benzene rings is 2. The molecule has 1 heterocycles. The van der Waals surface area contributed by atoms with Gasteiger partial charge in [0.1, 0.15) is 5.75 Å². The van der Waals surface area contributed by atoms with Crippen LogP contribution in [-0.2, 0) is 16.1 Å². The van der Waals surface area contributed by atoms with Crippen molar-refractivity contribution in [1.82, 2.24) is 20.1 Å². The average Bonchev–Trinajstić information content (AvgIpc) is 3.19. The van der Waals surface area contributed by atoms with Gasteiger partial charge in [-0.2, -0.15) is 0 Å². The van der Waals surface area contributed by atoms with Crippen LogP contribution in [0.15, 0.2) is 59.8 Å². The lowest BCUT2D eigenvalue weighted by Gasteiger charge is -2.11. The molecule has 30 heavy (non-hydrogen) atoms. The van der Waals surface area contributed by atoms with Crippen LogP contribution in [0.3, 0.4) is 0 Å². The Bertz CT molecular complexity index is 990. The Hall–Kier alpha value is -3.33. The fraction of sp³-hybridized carbons (Fsp3) is 0.238. The average molecular weight is 426 g/mol. The van der Waals surface area contributed by atoms with Crippen molar-refractivity contribution in [1.29, 1.82) is 0 Å². The lowest BCUT2D eigenvalue weighted by molar-refractivity contribution is -0.139. The predicted octanol–water partition coefficient (Wildman–Crippen LogP) is 2.86. The summed E-state index contributed by atoms with van der Waals surface area (Å²) in [4.78, 5) is 24.2. The fourth-order valence-electron chi connectivity index (χ4n) is 2.67. The number of nitrogens with one attached hydrogen (secondary N) is 1. The summed E-state index contributed by atoms with van der Waals surface area (Å²) in [5, 5.41) is 11.8. The monoisotopic (exact) mass is 426 g/mol. The first-order valence-electron chi connectivity index (χ1n) is 9.32. The van der Waals surface area contributed by atoms with E-state index in [0.717, 1.165) is 5.69 Å². The van der Waals surface area contributed by atoms with Crippen molar-refractivity contribution in [3.63, 3.8) is 0 Å². The molecular formula is C21H22N4O4S. The van der Waals surface area contributed by atoms with Gasteiger partial charge in [-0.1, -0.05) is 30.0 Å². The molecule has 9 heteroatoms. The largest absolute Gasteiger partial charge is 0.497 e. The highest BCUT2D eigenvalue weighted by molar-refractivity contribution is 7.99. The predicted molar refractivity (Wildman–Crippen MR) is 113 cm³/mol. The van der Waals surface area contributed by atoms with Gasteiger partial charge in [0.25, 0.3) is 5.91 Å². The van der Waals surface area contributed by atoms with Crippen molar-refractivity contribution in [2.24, 2.45) is 0 Å². The summed E-state index contributed by atoms with van der Waals surface area (Å²) >= 11 is 1.23. The van der Waals surface area contributed by atoms with E-state index in [0.29, 0.717) is 28.9 Å². The van der Waals surface area contributed by atoms with Gasteiger partial charge in [-0.25, -0.2) is 0 Å². The minimum absolute atomic E-state index is 0.122. The third-order valence-electron chi connectivity index (χ3n) is 4.10. The zero-order valence-electron chi connectivity index (χ0n) is 16.7. The summed E-state index contributed by atoms with van der Waals surface area (Å²) in [5.74, 6) is 0.797. The molecule has 0 bridgehead atoms. The number of aromatic nitrogens is 3. The smallest absolute Gasteiger partial charge is 0.316 e. The van der Waals surface area contributed by atoms with Gasteiger partial charge < -0.3 is 14.8 Å². The topological polar surface area (TPSA) is 95.3 Å². The number of carbonyl (C=O) groups is 2. The van der Waals surface area contributed by atoms with Gasteiger partial charge in [0.05, 0.1) is 26.0 Å². The van der Waals surface area contributed by atoms with E-state index in [-0.39, 0.29) is 24.2 Å². The van der Waals surface area contributed by atoms with Gasteiger partial charge in [0.15, 0.2) is 11.0 Å². The Morgan fingerprint density at radius 1 is 1.07 bits per heavy atom. The third-order valence-corrected chi connectivity index (χ3v) is 5.00. The molecule has 0 atom stereocenters. The summed E-state index contributed by atoms with van der Waals surface area (Å²) in [6.07, 6.45) is 0. The number of ether oxygens (including phenoxy) is 2. The maximum absolute atomic E-state index is 12.5. The highest BCUT2D eigenvalue weighted by atomic mass is 32.2. The molecule has 2 aromatic carbocycles. The van der Waals surface area contributed by atoms with Crippen LogP contribution in [0.25, 0.3) is 5.69 Å². The summed E-state index contributed by atoms with van der Waals surface area (Å²) in [6, 6.07) is 16.4. The van der Waals surface area contributed by atoms with E-state index in [4.69, 9.17) is 9.47 Å². The quantitative estimate of drug-likeness (QED) is 0.415. The van der Waals surface area contributed by atoms with E-state index in [1.165, 1.54) is 11.8 Å². The van der Waals surface area contributed by atoms with Gasteiger partial charge in [0, 0.05) is 11.3 Å². The molecule has 3 aromatic rings. The van der Waals surface area contributed by atoms with Crippen molar-refractivity contribution in [2.75, 3.05) is 19.5 Å². The lowest BCUT2D eigenvalue weighted by atomic mass is 10.2. The zero-order valence-corrected chi connectivity index (χ0v) is 17.5. The molecule has 1 amide bonds. The van der Waals surface area contributed by atoms with Crippen LogP contribution >= 0.6 is 11.8 Å². The molecule has 0 aliphatic rings. The molecule has 0 saturated carbocycles. The Kier molecular flexibility index (Phi) is 7.45. The van der Waals surface area contributed by atoms with Crippen LogP contribution in [0.2, 0.25) is 0 Å². The van der Waals surface area contributed by atoms with Crippen molar-refractivity contribution < 1.29 is 19.1 Å². The number of hydrogen-bond acceptors (Lipinski definition) is 7. The highest BCUT2D eigenvalue weighted by Crippen LogP contribution is 2.22. The van der Waals surface area contributed by atoms with Crippen LogP contribution in [0, 0.1) is 0 Å². The van der Waals surface area contributed by atoms with Gasteiger partial charge in [-0.3, -0.25) is 14.2 Å². The number of carbonyl (C=O) groups excluding carboxylic acids is 2. The Morgan fingerprint density at radius 2 is 1.80 bits per heavy atom. The van der Waals surface area contributed by atoms with Crippen LogP contribution in [0.4, 0.5) is 0 Å². The molecule has 0 aliphatic carbocycles. The summed E-state index contributed by atoms with van der Waals surface area (Å²) < 4.78 is 11.9. The highest BCUT2D eigenvalue weighted by Gasteiger charge is 2.17. The summed E-state index contributed by atoms with van der Waals surface area (Å²) in [7, 11) is 1.57. The fourth-order valence-corrected chi connectivity index (χ4v) is 3.44.